The summed E-state index contributed by atoms with van der Waals surface area (Å²) in [5, 5.41) is 0. The van der Waals surface area contributed by atoms with E-state index < -0.39 is 7.26 Å². The van der Waals surface area contributed by atoms with Crippen molar-refractivity contribution >= 4 is 7.26 Å². The molecule has 1 atom stereocenters. The van der Waals surface area contributed by atoms with Gasteiger partial charge < -0.3 is 0 Å². The maximum atomic E-state index is 2.72. The molecule has 0 heterocycles. The molecule has 328 valence electrons. The Kier molecular flexibility index (Phi) is 17.2. The molecule has 60 heavy (non-hydrogen) atoms. The zero-order valence-corrected chi connectivity index (χ0v) is 41.1. The average molecular weight is 827 g/mol. The van der Waals surface area contributed by atoms with Crippen LogP contribution < -0.4 is 0 Å². The van der Waals surface area contributed by atoms with Gasteiger partial charge in [0, 0.05) is 0 Å². The van der Waals surface area contributed by atoms with Crippen LogP contribution in [0.15, 0.2) is 72.8 Å². The van der Waals surface area contributed by atoms with Gasteiger partial charge >= 0.3 is 277 Å². The van der Waals surface area contributed by atoms with E-state index in [4.69, 9.17) is 0 Å². The minimum atomic E-state index is -1.34. The SMILES string of the molecule is CCCCCCC1(CCCCCC)c2cc(C)ccc2-c2ccc(-c3ccc4c(c3)C(CCCC)(CCC[PH](CCCC)(CCCC)CCCC)c3cc(C)ccc3-4)cc21. The maximum absolute atomic E-state index is 2.72. The van der Waals surface area contributed by atoms with Gasteiger partial charge in [0.25, 0.3) is 0 Å². The Bertz CT molecular complexity index is 1930. The molecule has 0 bridgehead atoms. The van der Waals surface area contributed by atoms with E-state index >= 15 is 0 Å². The third-order valence-corrected chi connectivity index (χ3v) is 21.4. The van der Waals surface area contributed by atoms with Gasteiger partial charge in [0.05, 0.1) is 0 Å². The summed E-state index contributed by atoms with van der Waals surface area (Å²) in [5.41, 5.74) is 18.4. The van der Waals surface area contributed by atoms with E-state index in [9.17, 15) is 0 Å². The van der Waals surface area contributed by atoms with Gasteiger partial charge in [0.1, 0.15) is 0 Å². The van der Waals surface area contributed by atoms with Crippen LogP contribution in [0.5, 0.6) is 0 Å². The van der Waals surface area contributed by atoms with Crippen molar-refractivity contribution in [2.75, 3.05) is 24.6 Å². The minimum absolute atomic E-state index is 0.0932. The van der Waals surface area contributed by atoms with Crippen LogP contribution in [0.1, 0.15) is 210 Å². The van der Waals surface area contributed by atoms with E-state index in [2.05, 4.69) is 128 Å². The first-order valence-corrected chi connectivity index (χ1v) is 28.6. The van der Waals surface area contributed by atoms with Crippen molar-refractivity contribution in [3.63, 3.8) is 0 Å². The Morgan fingerprint density at radius 1 is 0.333 bits per heavy atom. The molecule has 2 aliphatic rings. The van der Waals surface area contributed by atoms with Crippen molar-refractivity contribution in [3.8, 4) is 33.4 Å². The first-order chi connectivity index (χ1) is 29.2. The number of fused-ring (bicyclic) bond motifs is 6. The fraction of sp³-hybridized carbons (Fsp3) is 0.593. The van der Waals surface area contributed by atoms with Crippen molar-refractivity contribution in [2.45, 2.75) is 201 Å². The summed E-state index contributed by atoms with van der Waals surface area (Å²) in [4.78, 5) is 0. The summed E-state index contributed by atoms with van der Waals surface area (Å²) >= 11 is 0. The van der Waals surface area contributed by atoms with E-state index in [0.29, 0.717) is 0 Å². The first kappa shape index (κ1) is 46.8. The number of benzene rings is 4. The second kappa shape index (κ2) is 22.1. The number of hydrogen-bond acceptors (Lipinski definition) is 0. The molecule has 0 aromatic heterocycles. The van der Waals surface area contributed by atoms with Crippen LogP contribution in [0.3, 0.4) is 0 Å². The molecule has 0 saturated heterocycles. The zero-order valence-electron chi connectivity index (χ0n) is 40.1. The molecule has 4 aromatic rings. The van der Waals surface area contributed by atoms with E-state index in [1.54, 1.807) is 40.7 Å². The quantitative estimate of drug-likeness (QED) is 0.0415. The molecule has 6 rings (SSSR count). The van der Waals surface area contributed by atoms with Gasteiger partial charge in [0.2, 0.25) is 0 Å². The van der Waals surface area contributed by atoms with Crippen LogP contribution in [0.4, 0.5) is 0 Å². The Balaban J connectivity index is 1.44. The molecular formula is C59H87P. The van der Waals surface area contributed by atoms with Crippen molar-refractivity contribution < 1.29 is 0 Å². The molecule has 0 spiro atoms. The summed E-state index contributed by atoms with van der Waals surface area (Å²) < 4.78 is 0. The number of hydrogen-bond donors (Lipinski definition) is 0. The molecule has 0 N–H and O–H groups in total. The molecule has 0 amide bonds. The molecule has 0 nitrogen and oxygen atoms in total. The van der Waals surface area contributed by atoms with Gasteiger partial charge in [-0.1, -0.05) is 89.0 Å². The summed E-state index contributed by atoms with van der Waals surface area (Å²) in [6.45, 7) is 19.0. The van der Waals surface area contributed by atoms with Crippen LogP contribution in [0.2, 0.25) is 0 Å². The summed E-state index contributed by atoms with van der Waals surface area (Å²) in [5.74, 6) is 0. The van der Waals surface area contributed by atoms with E-state index in [1.807, 2.05) is 0 Å². The first-order valence-electron chi connectivity index (χ1n) is 25.8. The molecular weight excluding hydrogens is 740 g/mol. The predicted octanol–water partition coefficient (Wildman–Crippen LogP) is 18.6. The monoisotopic (exact) mass is 827 g/mol. The molecule has 1 heteroatoms. The summed E-state index contributed by atoms with van der Waals surface area (Å²) in [6, 6.07) is 30.4. The van der Waals surface area contributed by atoms with Gasteiger partial charge in [-0.05, 0) is 6.92 Å². The molecule has 0 aliphatic heterocycles. The van der Waals surface area contributed by atoms with Gasteiger partial charge in [-0.3, -0.25) is 0 Å². The third-order valence-electron chi connectivity index (χ3n) is 15.7. The second-order valence-electron chi connectivity index (χ2n) is 20.2. The van der Waals surface area contributed by atoms with Gasteiger partial charge in [-0.25, -0.2) is 0 Å². The summed E-state index contributed by atoms with van der Waals surface area (Å²) in [6.07, 6.45) is 34.2. The fourth-order valence-corrected chi connectivity index (χ4v) is 18.0. The van der Waals surface area contributed by atoms with E-state index in [0.717, 1.165) is 0 Å². The number of aryl methyl sites for hydroxylation is 2. The van der Waals surface area contributed by atoms with Crippen molar-refractivity contribution in [1.29, 1.82) is 0 Å². The normalized spacial score (nSPS) is 16.5. The van der Waals surface area contributed by atoms with E-state index in [-0.39, 0.29) is 10.8 Å². The van der Waals surface area contributed by atoms with Gasteiger partial charge in [-0.15, -0.1) is 0 Å². The van der Waals surface area contributed by atoms with Crippen molar-refractivity contribution in [1.82, 2.24) is 0 Å². The van der Waals surface area contributed by atoms with Gasteiger partial charge in [-0.2, -0.15) is 0 Å². The fourth-order valence-electron chi connectivity index (χ4n) is 12.3. The number of rotatable bonds is 27. The Morgan fingerprint density at radius 2 is 0.667 bits per heavy atom. The molecule has 0 saturated carbocycles. The molecule has 2 aliphatic carbocycles. The third kappa shape index (κ3) is 10.1. The van der Waals surface area contributed by atoms with Crippen LogP contribution in [0, 0.1) is 13.8 Å². The topological polar surface area (TPSA) is 0 Å². The Morgan fingerprint density at radius 3 is 1.07 bits per heavy atom. The standard InChI is InChI=1S/C59H87P/c1-9-15-21-23-35-59(36-24-22-16-10-2)55-43-47(8)27-31-51(55)53-33-29-49(45-57(53)59)48-28-32-52-50-30-26-46(7)42-54(50)58(34-17-11-3,56(52)44-48)37-25-41-60(38-18-12-4,39-19-13-5)40-20-14-6/h26-33,42-45,60H,9-25,34-41H2,1-8H3. The van der Waals surface area contributed by atoms with Crippen LogP contribution in [-0.4, -0.2) is 24.6 Å². The predicted molar refractivity (Wildman–Crippen MR) is 273 cm³/mol. The molecule has 4 aromatic carbocycles. The summed E-state index contributed by atoms with van der Waals surface area (Å²) in [7, 11) is -1.34. The number of unbranched alkanes of at least 4 members (excludes halogenated alkanes) is 10. The molecule has 1 unspecified atom stereocenters. The van der Waals surface area contributed by atoms with Crippen molar-refractivity contribution in [3.05, 3.63) is 106 Å². The van der Waals surface area contributed by atoms with Crippen LogP contribution in [-0.2, 0) is 10.8 Å². The van der Waals surface area contributed by atoms with Crippen molar-refractivity contribution in [2.24, 2.45) is 0 Å². The molecule has 0 radical (unpaired) electrons. The van der Waals surface area contributed by atoms with Gasteiger partial charge in [0.15, 0.2) is 0 Å². The van der Waals surface area contributed by atoms with Crippen LogP contribution >= 0.6 is 7.26 Å². The Labute approximate surface area is 370 Å². The second-order valence-corrected chi connectivity index (χ2v) is 25.2. The zero-order chi connectivity index (χ0) is 42.6. The Hall–Kier alpha value is -2.69. The van der Waals surface area contributed by atoms with E-state index in [1.165, 1.54) is 186 Å². The average Bonchev–Trinajstić information content (AvgIpc) is 3.68. The molecule has 0 fully saturated rings. The van der Waals surface area contributed by atoms with Crippen LogP contribution in [0.25, 0.3) is 33.4 Å².